The van der Waals surface area contributed by atoms with E-state index in [0.29, 0.717) is 22.9 Å². The van der Waals surface area contributed by atoms with Crippen molar-refractivity contribution in [1.29, 1.82) is 0 Å². The first-order chi connectivity index (χ1) is 15.9. The molecule has 0 aliphatic rings. The number of aryl methyl sites for hydroxylation is 1. The number of benzene rings is 2. The summed E-state index contributed by atoms with van der Waals surface area (Å²) in [6.07, 6.45) is 3.10. The summed E-state index contributed by atoms with van der Waals surface area (Å²) in [5, 5.41) is 3.27. The minimum Gasteiger partial charge on any atom is -0.496 e. The molecule has 0 saturated carbocycles. The van der Waals surface area contributed by atoms with E-state index < -0.39 is 5.97 Å². The van der Waals surface area contributed by atoms with Crippen molar-refractivity contribution in [3.63, 3.8) is 0 Å². The number of hydrogen-bond donors (Lipinski definition) is 1. The molecule has 0 atom stereocenters. The Morgan fingerprint density at radius 3 is 2.45 bits per heavy atom. The van der Waals surface area contributed by atoms with Crippen molar-refractivity contribution in [2.75, 3.05) is 26.1 Å². The molecule has 3 rings (SSSR count). The third-order valence-corrected chi connectivity index (χ3v) is 6.41. The molecule has 6 nitrogen and oxygen atoms in total. The lowest BCUT2D eigenvalue weighted by Crippen LogP contribution is -2.11. The van der Waals surface area contributed by atoms with Crippen LogP contribution in [-0.2, 0) is 9.53 Å². The van der Waals surface area contributed by atoms with Gasteiger partial charge in [-0.3, -0.25) is 4.79 Å². The number of ether oxygens (including phenoxy) is 3. The molecule has 3 aromatic rings. The van der Waals surface area contributed by atoms with E-state index in [9.17, 15) is 9.59 Å². The number of nitrogens with one attached hydrogen (secondary N) is 1. The lowest BCUT2D eigenvalue weighted by molar-refractivity contribution is -0.111. The summed E-state index contributed by atoms with van der Waals surface area (Å²) < 4.78 is 16.5. The third kappa shape index (κ3) is 5.83. The minimum atomic E-state index is -0.512. The molecule has 0 unspecified atom stereocenters. The van der Waals surface area contributed by atoms with Crippen LogP contribution in [-0.4, -0.2) is 32.7 Å². The summed E-state index contributed by atoms with van der Waals surface area (Å²) in [6, 6.07) is 13.0. The number of carbonyl (C=O) groups excluding carboxylic acids is 2. The highest BCUT2D eigenvalue weighted by molar-refractivity contribution is 9.10. The molecule has 0 aliphatic carbocycles. The van der Waals surface area contributed by atoms with Gasteiger partial charge in [-0.25, -0.2) is 4.79 Å². The van der Waals surface area contributed by atoms with E-state index >= 15 is 0 Å². The van der Waals surface area contributed by atoms with E-state index in [4.69, 9.17) is 14.2 Å². The van der Waals surface area contributed by atoms with Crippen LogP contribution in [0.4, 0.5) is 5.00 Å². The number of hydrogen-bond acceptors (Lipinski definition) is 6. The molecule has 1 heterocycles. The molecule has 0 fully saturated rings. The molecule has 2 aromatic carbocycles. The smallest absolute Gasteiger partial charge is 0.341 e. The maximum atomic E-state index is 12.6. The number of rotatable bonds is 8. The van der Waals surface area contributed by atoms with Gasteiger partial charge in [0.15, 0.2) is 0 Å². The number of halogens is 1. The fourth-order valence-electron chi connectivity index (χ4n) is 3.27. The van der Waals surface area contributed by atoms with Gasteiger partial charge < -0.3 is 19.5 Å². The summed E-state index contributed by atoms with van der Waals surface area (Å²) in [5.41, 5.74) is 2.72. The van der Waals surface area contributed by atoms with E-state index in [1.165, 1.54) is 24.5 Å². The van der Waals surface area contributed by atoms with Gasteiger partial charge in [0.05, 0.1) is 25.3 Å². The standard InChI is InChI=1S/C25H24BrNO5S/c1-5-32-18-10-8-17(9-11-18)22-15(2)33-24(23(22)25(29)31-4)27-21(28)13-7-16-6-12-20(30-3)19(26)14-16/h6-14H,5H2,1-4H3,(H,27,28). The summed E-state index contributed by atoms with van der Waals surface area (Å²) in [5.74, 6) is 0.584. The molecule has 0 spiro atoms. The second-order valence-electron chi connectivity index (χ2n) is 6.90. The predicted octanol–water partition coefficient (Wildman–Crippen LogP) is 6.33. The maximum absolute atomic E-state index is 12.6. The van der Waals surface area contributed by atoms with Gasteiger partial charge in [0, 0.05) is 16.5 Å². The van der Waals surface area contributed by atoms with Gasteiger partial charge in [0.2, 0.25) is 5.91 Å². The van der Waals surface area contributed by atoms with E-state index in [2.05, 4.69) is 21.2 Å². The largest absolute Gasteiger partial charge is 0.496 e. The van der Waals surface area contributed by atoms with Crippen LogP contribution in [0.3, 0.4) is 0 Å². The normalized spacial score (nSPS) is 10.8. The molecule has 33 heavy (non-hydrogen) atoms. The number of methoxy groups -OCH3 is 2. The Bertz CT molecular complexity index is 1180. The number of amides is 1. The number of esters is 1. The van der Waals surface area contributed by atoms with Crippen LogP contribution in [0.15, 0.2) is 53.0 Å². The molecular weight excluding hydrogens is 506 g/mol. The number of anilines is 1. The lowest BCUT2D eigenvalue weighted by atomic mass is 10.0. The Balaban J connectivity index is 1.88. The number of thiophene rings is 1. The maximum Gasteiger partial charge on any atom is 0.341 e. The summed E-state index contributed by atoms with van der Waals surface area (Å²) >= 11 is 4.76. The highest BCUT2D eigenvalue weighted by atomic mass is 79.9. The Labute approximate surface area is 205 Å². The third-order valence-electron chi connectivity index (χ3n) is 4.77. The van der Waals surface area contributed by atoms with Gasteiger partial charge in [-0.2, -0.15) is 0 Å². The van der Waals surface area contributed by atoms with Crippen molar-refractivity contribution in [3.8, 4) is 22.6 Å². The molecular formula is C25H24BrNO5S. The Morgan fingerprint density at radius 1 is 1.12 bits per heavy atom. The zero-order chi connectivity index (χ0) is 24.0. The monoisotopic (exact) mass is 529 g/mol. The molecule has 0 radical (unpaired) electrons. The molecule has 1 N–H and O–H groups in total. The van der Waals surface area contributed by atoms with E-state index in [-0.39, 0.29) is 5.91 Å². The Morgan fingerprint density at radius 2 is 1.85 bits per heavy atom. The van der Waals surface area contributed by atoms with Crippen LogP contribution in [0.1, 0.15) is 27.7 Å². The van der Waals surface area contributed by atoms with Crippen LogP contribution >= 0.6 is 27.3 Å². The van der Waals surface area contributed by atoms with Crippen LogP contribution < -0.4 is 14.8 Å². The highest BCUT2D eigenvalue weighted by Crippen LogP contribution is 2.40. The lowest BCUT2D eigenvalue weighted by Gasteiger charge is -2.09. The fraction of sp³-hybridized carbons (Fsp3) is 0.200. The van der Waals surface area contributed by atoms with Crippen molar-refractivity contribution in [2.24, 2.45) is 0 Å². The first-order valence-electron chi connectivity index (χ1n) is 10.2. The van der Waals surface area contributed by atoms with Crippen LogP contribution in [0, 0.1) is 6.92 Å². The van der Waals surface area contributed by atoms with Crippen LogP contribution in [0.5, 0.6) is 11.5 Å². The summed E-state index contributed by atoms with van der Waals surface area (Å²) in [4.78, 5) is 26.2. The van der Waals surface area contributed by atoms with Crippen molar-refractivity contribution >= 4 is 50.2 Å². The van der Waals surface area contributed by atoms with Gasteiger partial charge in [-0.15, -0.1) is 11.3 Å². The number of carbonyl (C=O) groups is 2. The van der Waals surface area contributed by atoms with Gasteiger partial charge in [0.1, 0.15) is 22.1 Å². The van der Waals surface area contributed by atoms with Crippen molar-refractivity contribution < 1.29 is 23.8 Å². The molecule has 1 amide bonds. The van der Waals surface area contributed by atoms with Gasteiger partial charge >= 0.3 is 5.97 Å². The second-order valence-corrected chi connectivity index (χ2v) is 8.98. The summed E-state index contributed by atoms with van der Waals surface area (Å²) in [7, 11) is 2.91. The van der Waals surface area contributed by atoms with Crippen molar-refractivity contribution in [2.45, 2.75) is 13.8 Å². The van der Waals surface area contributed by atoms with Gasteiger partial charge in [0.25, 0.3) is 0 Å². The van der Waals surface area contributed by atoms with Gasteiger partial charge in [-0.1, -0.05) is 18.2 Å². The van der Waals surface area contributed by atoms with E-state index in [0.717, 1.165) is 31.8 Å². The highest BCUT2D eigenvalue weighted by Gasteiger charge is 2.24. The average Bonchev–Trinajstić information content (AvgIpc) is 3.13. The predicted molar refractivity (Wildman–Crippen MR) is 135 cm³/mol. The Kier molecular flexibility index (Phi) is 8.30. The van der Waals surface area contributed by atoms with E-state index in [1.54, 1.807) is 13.2 Å². The zero-order valence-electron chi connectivity index (χ0n) is 18.7. The Hall–Kier alpha value is -3.10. The first kappa shape index (κ1) is 24.5. The summed E-state index contributed by atoms with van der Waals surface area (Å²) in [6.45, 7) is 4.40. The molecule has 0 saturated heterocycles. The zero-order valence-corrected chi connectivity index (χ0v) is 21.1. The first-order valence-corrected chi connectivity index (χ1v) is 11.8. The fourth-order valence-corrected chi connectivity index (χ4v) is 4.90. The van der Waals surface area contributed by atoms with Crippen molar-refractivity contribution in [3.05, 3.63) is 69.0 Å². The quantitative estimate of drug-likeness (QED) is 0.272. The van der Waals surface area contributed by atoms with Gasteiger partial charge in [-0.05, 0) is 71.2 Å². The van der Waals surface area contributed by atoms with Crippen LogP contribution in [0.2, 0.25) is 0 Å². The minimum absolute atomic E-state index is 0.332. The second kappa shape index (κ2) is 11.2. The molecule has 1 aromatic heterocycles. The molecule has 0 bridgehead atoms. The van der Waals surface area contributed by atoms with E-state index in [1.807, 2.05) is 56.3 Å². The molecule has 172 valence electrons. The molecule has 8 heteroatoms. The average molecular weight is 530 g/mol. The van der Waals surface area contributed by atoms with Crippen molar-refractivity contribution in [1.82, 2.24) is 0 Å². The SMILES string of the molecule is CCOc1ccc(-c2c(C)sc(NC(=O)C=Cc3ccc(OC)c(Br)c3)c2C(=O)OC)cc1. The topological polar surface area (TPSA) is 73.9 Å². The molecule has 0 aliphatic heterocycles. The van der Waals surface area contributed by atoms with Crippen LogP contribution in [0.25, 0.3) is 17.2 Å².